The number of benzene rings is 3. The Morgan fingerprint density at radius 3 is 2.43 bits per heavy atom. The molecule has 0 radical (unpaired) electrons. The van der Waals surface area contributed by atoms with Crippen LogP contribution in [0.5, 0.6) is 0 Å². The van der Waals surface area contributed by atoms with Gasteiger partial charge in [-0.25, -0.2) is 9.48 Å². The molecule has 1 amide bonds. The number of carbonyl (C=O) groups is 2. The van der Waals surface area contributed by atoms with Crippen molar-refractivity contribution >= 4 is 11.9 Å². The molecule has 0 saturated heterocycles. The Hall–Kier alpha value is -4.19. The number of fused-ring (bicyclic) bond motifs is 1. The van der Waals surface area contributed by atoms with Gasteiger partial charge in [-0.3, -0.25) is 4.79 Å². The standard InChI is InChI=1S/C29H27N3O3/c1-19-26(20(2)32(30-19)24-12-8-5-9-13-24)18-31(3)28(33)22-14-15-25-23(16-22)17-27(35-29(25)34)21-10-6-4-7-11-21/h4-16,27H,17-18H2,1-3H3/t27-/m1/s1. The number of rotatable bonds is 5. The van der Waals surface area contributed by atoms with Crippen molar-refractivity contribution in [2.75, 3.05) is 7.05 Å². The summed E-state index contributed by atoms with van der Waals surface area (Å²) in [6.45, 7) is 4.43. The molecule has 0 N–H and O–H groups in total. The Bertz CT molecular complexity index is 1390. The predicted octanol–water partition coefficient (Wildman–Crippen LogP) is 5.22. The number of carbonyl (C=O) groups excluding carboxylic acids is 2. The summed E-state index contributed by atoms with van der Waals surface area (Å²) in [6, 6.07) is 24.9. The number of esters is 1. The molecule has 6 nitrogen and oxygen atoms in total. The minimum Gasteiger partial charge on any atom is -0.454 e. The van der Waals surface area contributed by atoms with Gasteiger partial charge in [0.2, 0.25) is 0 Å². The Morgan fingerprint density at radius 2 is 1.71 bits per heavy atom. The second-order valence-electron chi connectivity index (χ2n) is 8.94. The summed E-state index contributed by atoms with van der Waals surface area (Å²) in [5.74, 6) is -0.457. The molecule has 5 rings (SSSR count). The number of aryl methyl sites for hydroxylation is 1. The number of nitrogens with zero attached hydrogens (tertiary/aromatic N) is 3. The van der Waals surface area contributed by atoms with Crippen molar-refractivity contribution in [1.82, 2.24) is 14.7 Å². The van der Waals surface area contributed by atoms with Gasteiger partial charge in [-0.15, -0.1) is 0 Å². The molecule has 4 aromatic rings. The van der Waals surface area contributed by atoms with Gasteiger partial charge in [0, 0.05) is 36.8 Å². The van der Waals surface area contributed by atoms with Gasteiger partial charge >= 0.3 is 5.97 Å². The zero-order valence-electron chi connectivity index (χ0n) is 20.1. The molecule has 0 fully saturated rings. The fourth-order valence-electron chi connectivity index (χ4n) is 4.64. The first kappa shape index (κ1) is 22.6. The van der Waals surface area contributed by atoms with Gasteiger partial charge in [-0.1, -0.05) is 48.5 Å². The number of ether oxygens (including phenoxy) is 1. The molecule has 1 atom stereocenters. The van der Waals surface area contributed by atoms with Crippen LogP contribution >= 0.6 is 0 Å². The summed E-state index contributed by atoms with van der Waals surface area (Å²) in [5.41, 5.74) is 6.77. The van der Waals surface area contributed by atoms with Crippen LogP contribution in [-0.2, 0) is 17.7 Å². The van der Waals surface area contributed by atoms with Crippen LogP contribution in [0.1, 0.15) is 54.9 Å². The predicted molar refractivity (Wildman–Crippen MR) is 134 cm³/mol. The monoisotopic (exact) mass is 465 g/mol. The Labute approximate surface area is 204 Å². The maximum absolute atomic E-state index is 13.3. The van der Waals surface area contributed by atoms with Crippen LogP contribution in [0.3, 0.4) is 0 Å². The van der Waals surface area contributed by atoms with Gasteiger partial charge in [-0.2, -0.15) is 5.10 Å². The van der Waals surface area contributed by atoms with Crippen LogP contribution < -0.4 is 0 Å². The molecule has 1 aromatic heterocycles. The number of cyclic esters (lactones) is 1. The Kier molecular flexibility index (Phi) is 5.95. The third kappa shape index (κ3) is 4.35. The van der Waals surface area contributed by atoms with Gasteiger partial charge < -0.3 is 9.64 Å². The Morgan fingerprint density at radius 1 is 1.03 bits per heavy atom. The fraction of sp³-hybridized carbons (Fsp3) is 0.207. The highest BCUT2D eigenvalue weighted by Crippen LogP contribution is 2.31. The normalized spacial score (nSPS) is 14.8. The van der Waals surface area contributed by atoms with Crippen molar-refractivity contribution in [2.45, 2.75) is 32.9 Å². The molecule has 35 heavy (non-hydrogen) atoms. The van der Waals surface area contributed by atoms with E-state index in [1.807, 2.05) is 85.3 Å². The van der Waals surface area contributed by atoms with Gasteiger partial charge in [0.1, 0.15) is 6.10 Å². The van der Waals surface area contributed by atoms with Crippen LogP contribution in [-0.4, -0.2) is 33.6 Å². The van der Waals surface area contributed by atoms with Crippen LogP contribution in [0, 0.1) is 13.8 Å². The van der Waals surface area contributed by atoms with Gasteiger partial charge in [-0.05, 0) is 55.3 Å². The first-order chi connectivity index (χ1) is 16.9. The molecule has 2 heterocycles. The summed E-state index contributed by atoms with van der Waals surface area (Å²) in [4.78, 5) is 27.6. The van der Waals surface area contributed by atoms with Crippen molar-refractivity contribution in [1.29, 1.82) is 0 Å². The lowest BCUT2D eigenvalue weighted by Crippen LogP contribution is -2.28. The van der Waals surface area contributed by atoms with E-state index < -0.39 is 0 Å². The quantitative estimate of drug-likeness (QED) is 0.379. The lowest BCUT2D eigenvalue weighted by molar-refractivity contribution is 0.0252. The van der Waals surface area contributed by atoms with E-state index in [2.05, 4.69) is 0 Å². The van der Waals surface area contributed by atoms with Crippen LogP contribution in [0.2, 0.25) is 0 Å². The summed E-state index contributed by atoms with van der Waals surface area (Å²) >= 11 is 0. The van der Waals surface area contributed by atoms with Crippen LogP contribution in [0.4, 0.5) is 0 Å². The molecule has 176 valence electrons. The van der Waals surface area contributed by atoms with Crippen molar-refractivity contribution in [3.8, 4) is 5.69 Å². The van der Waals surface area contributed by atoms with Crippen molar-refractivity contribution in [3.63, 3.8) is 0 Å². The number of amides is 1. The molecule has 0 unspecified atom stereocenters. The van der Waals surface area contributed by atoms with Gasteiger partial charge in [0.05, 0.1) is 16.9 Å². The minimum absolute atomic E-state index is 0.103. The third-order valence-corrected chi connectivity index (χ3v) is 6.58. The molecular formula is C29H27N3O3. The van der Waals surface area contributed by atoms with E-state index in [9.17, 15) is 9.59 Å². The van der Waals surface area contributed by atoms with E-state index in [4.69, 9.17) is 9.84 Å². The number of hydrogen-bond acceptors (Lipinski definition) is 4. The summed E-state index contributed by atoms with van der Waals surface area (Å²) in [7, 11) is 1.79. The second-order valence-corrected chi connectivity index (χ2v) is 8.94. The summed E-state index contributed by atoms with van der Waals surface area (Å²) < 4.78 is 7.56. The maximum Gasteiger partial charge on any atom is 0.339 e. The average molecular weight is 466 g/mol. The molecule has 0 bridgehead atoms. The largest absolute Gasteiger partial charge is 0.454 e. The molecule has 0 spiro atoms. The van der Waals surface area contributed by atoms with Crippen LogP contribution in [0.15, 0.2) is 78.9 Å². The smallest absolute Gasteiger partial charge is 0.339 e. The lowest BCUT2D eigenvalue weighted by Gasteiger charge is -2.26. The van der Waals surface area contributed by atoms with E-state index in [-0.39, 0.29) is 18.0 Å². The lowest BCUT2D eigenvalue weighted by atomic mass is 9.93. The molecule has 0 aliphatic carbocycles. The highest BCUT2D eigenvalue weighted by molar-refractivity contribution is 5.97. The first-order valence-corrected chi connectivity index (χ1v) is 11.7. The van der Waals surface area contributed by atoms with Gasteiger partial charge in [0.15, 0.2) is 0 Å². The number of aromatic nitrogens is 2. The van der Waals surface area contributed by atoms with Crippen molar-refractivity contribution in [2.24, 2.45) is 0 Å². The van der Waals surface area contributed by atoms with E-state index in [0.29, 0.717) is 24.1 Å². The third-order valence-electron chi connectivity index (χ3n) is 6.58. The highest BCUT2D eigenvalue weighted by atomic mass is 16.5. The first-order valence-electron chi connectivity index (χ1n) is 11.7. The maximum atomic E-state index is 13.3. The minimum atomic E-state index is -0.355. The van der Waals surface area contributed by atoms with E-state index in [0.717, 1.165) is 33.8 Å². The fourth-order valence-corrected chi connectivity index (χ4v) is 4.64. The van der Waals surface area contributed by atoms with E-state index in [1.165, 1.54) is 0 Å². The molecule has 0 saturated carbocycles. The Balaban J connectivity index is 1.37. The molecule has 3 aromatic carbocycles. The second kappa shape index (κ2) is 9.22. The number of para-hydroxylation sites is 1. The summed E-state index contributed by atoms with van der Waals surface area (Å²) in [6.07, 6.45) is 0.186. The van der Waals surface area contributed by atoms with Gasteiger partial charge in [0.25, 0.3) is 5.91 Å². The zero-order valence-corrected chi connectivity index (χ0v) is 20.1. The van der Waals surface area contributed by atoms with E-state index in [1.54, 1.807) is 24.1 Å². The zero-order chi connectivity index (χ0) is 24.5. The van der Waals surface area contributed by atoms with E-state index >= 15 is 0 Å². The summed E-state index contributed by atoms with van der Waals surface area (Å²) in [5, 5.41) is 4.70. The molecule has 1 aliphatic rings. The highest BCUT2D eigenvalue weighted by Gasteiger charge is 2.28. The molecular weight excluding hydrogens is 438 g/mol. The molecule has 1 aliphatic heterocycles. The average Bonchev–Trinajstić information content (AvgIpc) is 3.17. The van der Waals surface area contributed by atoms with Crippen molar-refractivity contribution < 1.29 is 14.3 Å². The molecule has 6 heteroatoms. The topological polar surface area (TPSA) is 64.4 Å². The van der Waals surface area contributed by atoms with Crippen LogP contribution in [0.25, 0.3) is 5.69 Å². The SMILES string of the molecule is Cc1nn(-c2ccccc2)c(C)c1CN(C)C(=O)c1ccc2c(c1)C[C@H](c1ccccc1)OC2=O. The number of hydrogen-bond donors (Lipinski definition) is 0. The van der Waals surface area contributed by atoms with Crippen molar-refractivity contribution in [3.05, 3.63) is 118 Å².